The molecule has 0 saturated heterocycles. The topological polar surface area (TPSA) is 71.2 Å². The summed E-state index contributed by atoms with van der Waals surface area (Å²) in [5, 5.41) is 17.4. The molecule has 0 aliphatic heterocycles. The molecule has 0 atom stereocenters. The van der Waals surface area contributed by atoms with E-state index in [1.165, 1.54) is 0 Å². The molecule has 2 aromatic carbocycles. The lowest BCUT2D eigenvalue weighted by Crippen LogP contribution is -2.09. The average molecular weight is 345 g/mol. The summed E-state index contributed by atoms with van der Waals surface area (Å²) in [6.07, 6.45) is 0. The first-order chi connectivity index (χ1) is 11.7. The molecule has 24 heavy (non-hydrogen) atoms. The van der Waals surface area contributed by atoms with E-state index in [0.29, 0.717) is 5.69 Å². The Balaban J connectivity index is 2.20. The van der Waals surface area contributed by atoms with Gasteiger partial charge in [-0.2, -0.15) is 5.11 Å². The highest BCUT2D eigenvalue weighted by Crippen LogP contribution is 2.23. The first-order valence-corrected chi connectivity index (χ1v) is 7.91. The number of esters is 1. The maximum atomic E-state index is 11.8. The molecule has 0 saturated carbocycles. The van der Waals surface area contributed by atoms with Crippen LogP contribution in [-0.2, 0) is 9.53 Å². The summed E-state index contributed by atoms with van der Waals surface area (Å²) < 4.78 is 4.82. The highest BCUT2D eigenvalue weighted by molar-refractivity contribution is 6.19. The Morgan fingerprint density at radius 1 is 1.08 bits per heavy atom. The number of azo groups is 1. The summed E-state index contributed by atoms with van der Waals surface area (Å²) in [6, 6.07) is 17.3. The van der Waals surface area contributed by atoms with Crippen LogP contribution in [0.25, 0.3) is 11.1 Å². The quantitative estimate of drug-likeness (QED) is 0.263. The predicted molar refractivity (Wildman–Crippen MR) is 93.4 cm³/mol. The van der Waals surface area contributed by atoms with Gasteiger partial charge < -0.3 is 9.84 Å². The second-order valence-corrected chi connectivity index (χ2v) is 5.03. The van der Waals surface area contributed by atoms with E-state index < -0.39 is 5.97 Å². The second kappa shape index (κ2) is 8.84. The summed E-state index contributed by atoms with van der Waals surface area (Å²) in [4.78, 5) is 11.8. The predicted octanol–water partition coefficient (Wildman–Crippen LogP) is 5.01. The van der Waals surface area contributed by atoms with Crippen molar-refractivity contribution >= 4 is 23.3 Å². The molecule has 2 aromatic rings. The van der Waals surface area contributed by atoms with Crippen molar-refractivity contribution in [2.24, 2.45) is 10.2 Å². The van der Waals surface area contributed by atoms with Crippen molar-refractivity contribution < 1.29 is 14.6 Å². The third-order valence-corrected chi connectivity index (χ3v) is 3.36. The van der Waals surface area contributed by atoms with Gasteiger partial charge in [0.1, 0.15) is 5.76 Å². The number of alkyl halides is 1. The monoisotopic (exact) mass is 344 g/mol. The standard InChI is InChI=1S/C18H17ClN2O3/c1-2-24-18(23)17(16(22)12-19)21-20-15-10-8-14(9-11-15)13-6-4-3-5-7-13/h3-11,22H,2,12H2,1H3. The zero-order valence-corrected chi connectivity index (χ0v) is 13.9. The number of benzene rings is 2. The molecule has 0 amide bonds. The molecule has 0 aliphatic carbocycles. The van der Waals surface area contributed by atoms with Gasteiger partial charge in [0, 0.05) is 0 Å². The number of ether oxygens (including phenoxy) is 1. The molecule has 1 N–H and O–H groups in total. The summed E-state index contributed by atoms with van der Waals surface area (Å²) >= 11 is 5.54. The van der Waals surface area contributed by atoms with Crippen LogP contribution in [0.1, 0.15) is 6.92 Å². The number of carbonyl (C=O) groups is 1. The molecule has 0 bridgehead atoms. The minimum atomic E-state index is -0.764. The third kappa shape index (κ3) is 4.67. The molecule has 0 aromatic heterocycles. The lowest BCUT2D eigenvalue weighted by Gasteiger charge is -2.04. The minimum absolute atomic E-state index is 0.166. The van der Waals surface area contributed by atoms with Crippen molar-refractivity contribution in [1.29, 1.82) is 0 Å². The first-order valence-electron chi connectivity index (χ1n) is 7.38. The number of hydrogen-bond donors (Lipinski definition) is 1. The normalized spacial score (nSPS) is 12.1. The molecule has 0 heterocycles. The molecular weight excluding hydrogens is 328 g/mol. The number of aliphatic hydroxyl groups is 1. The average Bonchev–Trinajstić information content (AvgIpc) is 2.63. The van der Waals surface area contributed by atoms with Gasteiger partial charge in [-0.25, -0.2) is 4.79 Å². The van der Waals surface area contributed by atoms with E-state index in [9.17, 15) is 9.90 Å². The maximum absolute atomic E-state index is 11.8. The van der Waals surface area contributed by atoms with Gasteiger partial charge in [-0.05, 0) is 30.2 Å². The van der Waals surface area contributed by atoms with Crippen molar-refractivity contribution in [3.8, 4) is 11.1 Å². The SMILES string of the molecule is CCOC(=O)C(N=Nc1ccc(-c2ccccc2)cc1)=C(O)CCl. The van der Waals surface area contributed by atoms with Gasteiger partial charge in [0.25, 0.3) is 0 Å². The van der Waals surface area contributed by atoms with Crippen LogP contribution < -0.4 is 0 Å². The summed E-state index contributed by atoms with van der Waals surface area (Å²) in [5.74, 6) is -1.39. The zero-order chi connectivity index (χ0) is 17.4. The molecule has 0 radical (unpaired) electrons. The van der Waals surface area contributed by atoms with Crippen LogP contribution in [0, 0.1) is 0 Å². The van der Waals surface area contributed by atoms with Gasteiger partial charge in [0.2, 0.25) is 5.70 Å². The van der Waals surface area contributed by atoms with Crippen LogP contribution >= 0.6 is 11.6 Å². The van der Waals surface area contributed by atoms with Gasteiger partial charge >= 0.3 is 5.97 Å². The minimum Gasteiger partial charge on any atom is -0.508 e. The van der Waals surface area contributed by atoms with Crippen LogP contribution in [0.3, 0.4) is 0 Å². The van der Waals surface area contributed by atoms with Crippen molar-refractivity contribution in [2.45, 2.75) is 6.92 Å². The van der Waals surface area contributed by atoms with Crippen LogP contribution in [0.15, 0.2) is 76.3 Å². The molecule has 5 nitrogen and oxygen atoms in total. The van der Waals surface area contributed by atoms with Gasteiger partial charge in [-0.3, -0.25) is 0 Å². The van der Waals surface area contributed by atoms with E-state index in [4.69, 9.17) is 16.3 Å². The number of nitrogens with zero attached hydrogens (tertiary/aromatic N) is 2. The number of aliphatic hydroxyl groups excluding tert-OH is 1. The smallest absolute Gasteiger partial charge is 0.362 e. The van der Waals surface area contributed by atoms with E-state index in [1.54, 1.807) is 19.1 Å². The Morgan fingerprint density at radius 3 is 2.29 bits per heavy atom. The van der Waals surface area contributed by atoms with Crippen molar-refractivity contribution in [3.63, 3.8) is 0 Å². The van der Waals surface area contributed by atoms with Crippen molar-refractivity contribution in [2.75, 3.05) is 12.5 Å². The molecule has 0 aliphatic rings. The third-order valence-electron chi connectivity index (χ3n) is 3.11. The fourth-order valence-electron chi connectivity index (χ4n) is 1.94. The van der Waals surface area contributed by atoms with Crippen LogP contribution in [-0.4, -0.2) is 23.6 Å². The Kier molecular flexibility index (Phi) is 6.51. The number of carbonyl (C=O) groups excluding carboxylic acids is 1. The van der Waals surface area contributed by atoms with Crippen molar-refractivity contribution in [3.05, 3.63) is 66.1 Å². The lowest BCUT2D eigenvalue weighted by molar-refractivity contribution is -0.138. The molecule has 6 heteroatoms. The van der Waals surface area contributed by atoms with E-state index >= 15 is 0 Å². The Bertz CT molecular complexity index is 741. The highest BCUT2D eigenvalue weighted by atomic mass is 35.5. The lowest BCUT2D eigenvalue weighted by atomic mass is 10.1. The molecular formula is C18H17ClN2O3. The number of halogens is 1. The van der Waals surface area contributed by atoms with Gasteiger partial charge in [0.15, 0.2) is 0 Å². The number of rotatable bonds is 6. The first kappa shape index (κ1) is 17.7. The van der Waals surface area contributed by atoms with Crippen LogP contribution in [0.5, 0.6) is 0 Å². The fourth-order valence-corrected chi connectivity index (χ4v) is 2.06. The zero-order valence-electron chi connectivity index (χ0n) is 13.1. The van der Waals surface area contributed by atoms with Gasteiger partial charge in [0.05, 0.1) is 18.2 Å². The van der Waals surface area contributed by atoms with Crippen molar-refractivity contribution in [1.82, 2.24) is 0 Å². The van der Waals surface area contributed by atoms with E-state index in [1.807, 2.05) is 42.5 Å². The highest BCUT2D eigenvalue weighted by Gasteiger charge is 2.16. The summed E-state index contributed by atoms with van der Waals surface area (Å²) in [7, 11) is 0. The molecule has 0 fully saturated rings. The largest absolute Gasteiger partial charge is 0.508 e. The van der Waals surface area contributed by atoms with E-state index in [-0.39, 0.29) is 23.9 Å². The molecule has 2 rings (SSSR count). The number of allylic oxidation sites excluding steroid dienone is 1. The van der Waals surface area contributed by atoms with Crippen LogP contribution in [0.4, 0.5) is 5.69 Å². The van der Waals surface area contributed by atoms with Gasteiger partial charge in [-0.1, -0.05) is 42.5 Å². The Hall–Kier alpha value is -2.66. The Morgan fingerprint density at radius 2 is 1.71 bits per heavy atom. The second-order valence-electron chi connectivity index (χ2n) is 4.76. The maximum Gasteiger partial charge on any atom is 0.362 e. The van der Waals surface area contributed by atoms with Crippen LogP contribution in [0.2, 0.25) is 0 Å². The summed E-state index contributed by atoms with van der Waals surface area (Å²) in [5.41, 5.74) is 2.38. The molecule has 124 valence electrons. The summed E-state index contributed by atoms with van der Waals surface area (Å²) in [6.45, 7) is 1.83. The molecule has 0 unspecified atom stereocenters. The Labute approximate surface area is 145 Å². The van der Waals surface area contributed by atoms with E-state index in [0.717, 1.165) is 11.1 Å². The number of hydrogen-bond acceptors (Lipinski definition) is 5. The fraction of sp³-hybridized carbons (Fsp3) is 0.167. The molecule has 0 spiro atoms. The van der Waals surface area contributed by atoms with E-state index in [2.05, 4.69) is 10.2 Å². The van der Waals surface area contributed by atoms with Gasteiger partial charge in [-0.15, -0.1) is 16.7 Å².